The van der Waals surface area contributed by atoms with Crippen molar-refractivity contribution < 1.29 is 26.0 Å². The summed E-state index contributed by atoms with van der Waals surface area (Å²) in [5.74, 6) is -0.338. The van der Waals surface area contributed by atoms with Crippen molar-refractivity contribution in [2.45, 2.75) is 22.6 Å². The van der Waals surface area contributed by atoms with Crippen LogP contribution in [-0.2, 0) is 26.5 Å². The first-order chi connectivity index (χ1) is 15.2. The molecule has 0 atom stereocenters. The topological polar surface area (TPSA) is 92.8 Å². The number of methoxy groups -OCH3 is 1. The minimum atomic E-state index is -4.19. The number of aryl methyl sites for hydroxylation is 1. The van der Waals surface area contributed by atoms with Gasteiger partial charge in [-0.2, -0.15) is 0 Å². The first-order valence-corrected chi connectivity index (χ1v) is 12.7. The number of halogens is 1. The molecule has 1 aliphatic heterocycles. The minimum absolute atomic E-state index is 0.100. The van der Waals surface area contributed by atoms with E-state index < -0.39 is 30.8 Å². The van der Waals surface area contributed by atoms with E-state index in [4.69, 9.17) is 4.74 Å². The Morgan fingerprint density at radius 2 is 1.69 bits per heavy atom. The molecule has 0 amide bonds. The van der Waals surface area contributed by atoms with Crippen molar-refractivity contribution in [1.82, 2.24) is 0 Å². The SMILES string of the molecule is COc1ccc(S(=O)(=O)N2CCCc3ccc(NS(=O)(=O)c4ccccc4F)cc32)cc1. The summed E-state index contributed by atoms with van der Waals surface area (Å²) in [6.07, 6.45) is 1.28. The fraction of sp³-hybridized carbons (Fsp3) is 0.182. The summed E-state index contributed by atoms with van der Waals surface area (Å²) in [5, 5.41) is 0. The molecule has 168 valence electrons. The number of nitrogens with one attached hydrogen (secondary N) is 1. The van der Waals surface area contributed by atoms with Gasteiger partial charge >= 0.3 is 0 Å². The second-order valence-corrected chi connectivity index (χ2v) is 10.7. The zero-order valence-electron chi connectivity index (χ0n) is 17.2. The highest BCUT2D eigenvalue weighted by Gasteiger charge is 2.30. The average molecular weight is 477 g/mol. The summed E-state index contributed by atoms with van der Waals surface area (Å²) >= 11 is 0. The van der Waals surface area contributed by atoms with E-state index >= 15 is 0 Å². The maximum atomic E-state index is 14.0. The highest BCUT2D eigenvalue weighted by atomic mass is 32.2. The number of nitrogens with zero attached hydrogens (tertiary/aromatic N) is 1. The monoisotopic (exact) mass is 476 g/mol. The first-order valence-electron chi connectivity index (χ1n) is 9.79. The second-order valence-electron chi connectivity index (χ2n) is 7.24. The summed E-state index contributed by atoms with van der Waals surface area (Å²) in [5.41, 5.74) is 1.31. The van der Waals surface area contributed by atoms with E-state index in [0.717, 1.165) is 17.7 Å². The number of sulfonamides is 2. The molecule has 10 heteroatoms. The van der Waals surface area contributed by atoms with Gasteiger partial charge in [0, 0.05) is 6.54 Å². The number of hydrogen-bond donors (Lipinski definition) is 1. The molecule has 3 aromatic rings. The van der Waals surface area contributed by atoms with Crippen LogP contribution in [-0.4, -0.2) is 30.5 Å². The van der Waals surface area contributed by atoms with E-state index in [1.165, 1.54) is 41.7 Å². The molecule has 0 saturated heterocycles. The molecule has 0 bridgehead atoms. The molecule has 7 nitrogen and oxygen atoms in total. The standard InChI is InChI=1S/C22H21FN2O5S2/c1-30-18-10-12-19(13-11-18)32(28,29)25-14-4-5-16-8-9-17(15-21(16)25)24-31(26,27)22-7-3-2-6-20(22)23/h2-3,6-13,15,24H,4-5,14H2,1H3. The van der Waals surface area contributed by atoms with Crippen LogP contribution < -0.4 is 13.8 Å². The molecule has 0 aromatic heterocycles. The molecule has 1 N–H and O–H groups in total. The van der Waals surface area contributed by atoms with Crippen molar-refractivity contribution in [2.24, 2.45) is 0 Å². The van der Waals surface area contributed by atoms with Crippen LogP contribution in [0.5, 0.6) is 5.75 Å². The van der Waals surface area contributed by atoms with Gasteiger partial charge in [0.2, 0.25) is 0 Å². The van der Waals surface area contributed by atoms with Crippen LogP contribution in [0.25, 0.3) is 0 Å². The predicted molar refractivity (Wildman–Crippen MR) is 119 cm³/mol. The molecule has 1 aliphatic rings. The fourth-order valence-corrected chi connectivity index (χ4v) is 6.26. The highest BCUT2D eigenvalue weighted by molar-refractivity contribution is 7.93. The molecule has 4 rings (SSSR count). The lowest BCUT2D eigenvalue weighted by Crippen LogP contribution is -2.35. The molecule has 0 unspecified atom stereocenters. The zero-order chi connectivity index (χ0) is 22.9. The second kappa shape index (κ2) is 8.44. The summed E-state index contributed by atoms with van der Waals surface area (Å²) in [6.45, 7) is 0.255. The van der Waals surface area contributed by atoms with Crippen molar-refractivity contribution in [3.8, 4) is 5.75 Å². The lowest BCUT2D eigenvalue weighted by atomic mass is 10.0. The Bertz CT molecular complexity index is 1360. The Labute approximate surface area is 186 Å². The zero-order valence-corrected chi connectivity index (χ0v) is 18.8. The number of fused-ring (bicyclic) bond motifs is 1. The Kier molecular flexibility index (Phi) is 5.83. The molecule has 0 fully saturated rings. The van der Waals surface area contributed by atoms with Gasteiger partial charge in [-0.1, -0.05) is 18.2 Å². The number of anilines is 2. The maximum absolute atomic E-state index is 14.0. The third-order valence-electron chi connectivity index (χ3n) is 5.19. The Hall–Kier alpha value is -3.11. The van der Waals surface area contributed by atoms with E-state index in [1.807, 2.05) is 0 Å². The largest absolute Gasteiger partial charge is 0.497 e. The normalized spacial score (nSPS) is 14.0. The third-order valence-corrected chi connectivity index (χ3v) is 8.43. The Balaban J connectivity index is 1.70. The number of ether oxygens (including phenoxy) is 1. The van der Waals surface area contributed by atoms with Crippen molar-refractivity contribution >= 4 is 31.4 Å². The van der Waals surface area contributed by atoms with Gasteiger partial charge in [0.25, 0.3) is 20.0 Å². The lowest BCUT2D eigenvalue weighted by molar-refractivity contribution is 0.414. The van der Waals surface area contributed by atoms with E-state index in [9.17, 15) is 21.2 Å². The summed E-state index contributed by atoms with van der Waals surface area (Å²) < 4.78 is 74.6. The van der Waals surface area contributed by atoms with Gasteiger partial charge in [-0.05, 0) is 66.9 Å². The summed E-state index contributed by atoms with van der Waals surface area (Å²) in [6, 6.07) is 15.8. The first kappa shape index (κ1) is 22.1. The van der Waals surface area contributed by atoms with Gasteiger partial charge in [-0.25, -0.2) is 21.2 Å². The fourth-order valence-electron chi connectivity index (χ4n) is 3.60. The van der Waals surface area contributed by atoms with Gasteiger partial charge in [-0.15, -0.1) is 0 Å². The third kappa shape index (κ3) is 4.15. The quantitative estimate of drug-likeness (QED) is 0.585. The van der Waals surface area contributed by atoms with Crippen LogP contribution in [0, 0.1) is 5.82 Å². The van der Waals surface area contributed by atoms with Crippen LogP contribution in [0.1, 0.15) is 12.0 Å². The maximum Gasteiger partial charge on any atom is 0.264 e. The van der Waals surface area contributed by atoms with Crippen LogP contribution in [0.4, 0.5) is 15.8 Å². The van der Waals surface area contributed by atoms with Gasteiger partial charge in [0.1, 0.15) is 16.5 Å². The predicted octanol–water partition coefficient (Wildman–Crippen LogP) is 3.78. The van der Waals surface area contributed by atoms with Gasteiger partial charge in [0.05, 0.1) is 23.4 Å². The molecule has 0 radical (unpaired) electrons. The molecular formula is C22H21FN2O5S2. The number of benzene rings is 3. The number of hydrogen-bond acceptors (Lipinski definition) is 5. The summed E-state index contributed by atoms with van der Waals surface area (Å²) in [4.78, 5) is -0.385. The Morgan fingerprint density at radius 3 is 2.38 bits per heavy atom. The highest BCUT2D eigenvalue weighted by Crippen LogP contribution is 2.35. The molecule has 0 aliphatic carbocycles. The van der Waals surface area contributed by atoms with Crippen LogP contribution in [0.2, 0.25) is 0 Å². The molecule has 32 heavy (non-hydrogen) atoms. The van der Waals surface area contributed by atoms with Gasteiger partial charge in [0.15, 0.2) is 0 Å². The average Bonchev–Trinajstić information content (AvgIpc) is 2.78. The van der Waals surface area contributed by atoms with E-state index in [-0.39, 0.29) is 17.1 Å². The molecular weight excluding hydrogens is 455 g/mol. The van der Waals surface area contributed by atoms with E-state index in [2.05, 4.69) is 4.72 Å². The number of rotatable bonds is 6. The van der Waals surface area contributed by atoms with Crippen LogP contribution in [0.3, 0.4) is 0 Å². The van der Waals surface area contributed by atoms with Crippen molar-refractivity contribution in [3.05, 3.63) is 78.1 Å². The molecule has 3 aromatic carbocycles. The summed E-state index contributed by atoms with van der Waals surface area (Å²) in [7, 11) is -6.58. The van der Waals surface area contributed by atoms with Crippen molar-refractivity contribution in [3.63, 3.8) is 0 Å². The van der Waals surface area contributed by atoms with E-state index in [1.54, 1.807) is 24.3 Å². The minimum Gasteiger partial charge on any atom is -0.497 e. The molecule has 1 heterocycles. The van der Waals surface area contributed by atoms with Crippen molar-refractivity contribution in [1.29, 1.82) is 0 Å². The van der Waals surface area contributed by atoms with Crippen molar-refractivity contribution in [2.75, 3.05) is 22.7 Å². The van der Waals surface area contributed by atoms with Gasteiger partial charge in [-0.3, -0.25) is 9.03 Å². The Morgan fingerprint density at radius 1 is 0.969 bits per heavy atom. The van der Waals surface area contributed by atoms with Crippen LogP contribution in [0.15, 0.2) is 76.5 Å². The molecule has 0 spiro atoms. The smallest absolute Gasteiger partial charge is 0.264 e. The van der Waals surface area contributed by atoms with Crippen LogP contribution >= 0.6 is 0 Å². The lowest BCUT2D eigenvalue weighted by Gasteiger charge is -2.31. The molecule has 0 saturated carbocycles. The van der Waals surface area contributed by atoms with E-state index in [0.29, 0.717) is 24.3 Å². The van der Waals surface area contributed by atoms with Gasteiger partial charge < -0.3 is 4.74 Å².